The third-order valence-electron chi connectivity index (χ3n) is 5.21. The highest BCUT2D eigenvalue weighted by Gasteiger charge is 2.41. The van der Waals surface area contributed by atoms with E-state index >= 15 is 0 Å². The molecular weight excluding hydrogens is 204 g/mol. The van der Waals surface area contributed by atoms with Gasteiger partial charge in [-0.15, -0.1) is 0 Å². The van der Waals surface area contributed by atoms with E-state index in [0.29, 0.717) is 0 Å². The van der Waals surface area contributed by atoms with Gasteiger partial charge in [-0.2, -0.15) is 0 Å². The second-order valence-corrected chi connectivity index (χ2v) is 6.89. The van der Waals surface area contributed by atoms with Crippen molar-refractivity contribution in [3.05, 3.63) is 0 Å². The van der Waals surface area contributed by atoms with Crippen molar-refractivity contribution in [2.75, 3.05) is 0 Å². The van der Waals surface area contributed by atoms with E-state index in [2.05, 4.69) is 34.6 Å². The van der Waals surface area contributed by atoms with E-state index in [1.54, 1.807) is 0 Å². The Balaban J connectivity index is 1.96. The van der Waals surface area contributed by atoms with Gasteiger partial charge in [0, 0.05) is 0 Å². The normalized spacial score (nSPS) is 31.2. The first-order chi connectivity index (χ1) is 8.06. The fourth-order valence-corrected chi connectivity index (χ4v) is 3.36. The zero-order valence-electron chi connectivity index (χ0n) is 12.8. The van der Waals surface area contributed by atoms with Crippen LogP contribution in [0.4, 0.5) is 0 Å². The lowest BCUT2D eigenvalue weighted by molar-refractivity contribution is 0.394. The first-order valence-corrected chi connectivity index (χ1v) is 8.06. The van der Waals surface area contributed by atoms with Gasteiger partial charge < -0.3 is 0 Å². The summed E-state index contributed by atoms with van der Waals surface area (Å²) in [6.07, 6.45) is 10.1. The molecule has 0 N–H and O–H groups in total. The molecule has 0 aliphatic heterocycles. The van der Waals surface area contributed by atoms with Crippen LogP contribution in [0.25, 0.3) is 0 Å². The van der Waals surface area contributed by atoms with E-state index in [0.717, 1.165) is 29.6 Å². The van der Waals surface area contributed by atoms with E-state index in [-0.39, 0.29) is 0 Å². The van der Waals surface area contributed by atoms with Gasteiger partial charge in [0.05, 0.1) is 0 Å². The van der Waals surface area contributed by atoms with Gasteiger partial charge >= 0.3 is 0 Å². The Kier molecular flexibility index (Phi) is 6.59. The number of hydrogen-bond acceptors (Lipinski definition) is 0. The average Bonchev–Trinajstić information content (AvgIpc) is 2.84. The van der Waals surface area contributed by atoms with Gasteiger partial charge in [-0.3, -0.25) is 0 Å². The van der Waals surface area contributed by atoms with E-state index < -0.39 is 0 Å². The molecule has 0 saturated heterocycles. The molecule has 102 valence electrons. The molecule has 0 aromatic rings. The summed E-state index contributed by atoms with van der Waals surface area (Å²) in [6, 6.07) is 0. The molecule has 17 heavy (non-hydrogen) atoms. The molecule has 4 unspecified atom stereocenters. The number of rotatable bonds is 9. The molecule has 0 aromatic heterocycles. The van der Waals surface area contributed by atoms with Crippen molar-refractivity contribution in [1.82, 2.24) is 0 Å². The Morgan fingerprint density at radius 3 is 1.82 bits per heavy atom. The lowest BCUT2D eigenvalue weighted by Crippen LogP contribution is -1.99. The van der Waals surface area contributed by atoms with Crippen molar-refractivity contribution in [2.24, 2.45) is 29.6 Å². The minimum Gasteiger partial charge on any atom is -0.0654 e. The summed E-state index contributed by atoms with van der Waals surface area (Å²) in [4.78, 5) is 0. The van der Waals surface area contributed by atoms with Gasteiger partial charge in [-0.1, -0.05) is 73.1 Å². The molecule has 0 radical (unpaired) electrons. The van der Waals surface area contributed by atoms with Crippen molar-refractivity contribution in [1.29, 1.82) is 0 Å². The van der Waals surface area contributed by atoms with Crippen LogP contribution in [0.3, 0.4) is 0 Å². The van der Waals surface area contributed by atoms with Gasteiger partial charge in [0.25, 0.3) is 0 Å². The van der Waals surface area contributed by atoms with Crippen LogP contribution in [0.2, 0.25) is 0 Å². The molecule has 0 amide bonds. The maximum Gasteiger partial charge on any atom is -0.0357 e. The summed E-state index contributed by atoms with van der Waals surface area (Å²) >= 11 is 0. The van der Waals surface area contributed by atoms with Gasteiger partial charge in [-0.05, 0) is 36.0 Å². The molecule has 4 atom stereocenters. The zero-order chi connectivity index (χ0) is 12.8. The molecule has 1 aliphatic carbocycles. The average molecular weight is 238 g/mol. The summed E-state index contributed by atoms with van der Waals surface area (Å²) in [5.74, 6) is 5.02. The molecule has 0 spiro atoms. The standard InChI is InChI=1S/C17H34/c1-6-8-13(2)9-7-10-14(3)11-12-17-15(4)16(17)5/h13-17H,6-12H2,1-5H3. The van der Waals surface area contributed by atoms with Crippen molar-refractivity contribution in [2.45, 2.75) is 79.6 Å². The van der Waals surface area contributed by atoms with Crippen LogP contribution in [-0.4, -0.2) is 0 Å². The predicted octanol–water partition coefficient (Wildman–Crippen LogP) is 5.91. The highest BCUT2D eigenvalue weighted by Crippen LogP contribution is 2.48. The van der Waals surface area contributed by atoms with E-state index in [1.807, 2.05) is 0 Å². The van der Waals surface area contributed by atoms with Crippen LogP contribution >= 0.6 is 0 Å². The summed E-state index contributed by atoms with van der Waals surface area (Å²) in [7, 11) is 0. The fraction of sp³-hybridized carbons (Fsp3) is 1.00. The summed E-state index contributed by atoms with van der Waals surface area (Å²) in [5.41, 5.74) is 0. The third kappa shape index (κ3) is 5.44. The van der Waals surface area contributed by atoms with Crippen LogP contribution in [0.1, 0.15) is 79.6 Å². The monoisotopic (exact) mass is 238 g/mol. The van der Waals surface area contributed by atoms with Gasteiger partial charge in [0.2, 0.25) is 0 Å². The van der Waals surface area contributed by atoms with E-state index in [1.165, 1.54) is 44.9 Å². The summed E-state index contributed by atoms with van der Waals surface area (Å²) in [5, 5.41) is 0. The summed E-state index contributed by atoms with van der Waals surface area (Å²) in [6.45, 7) is 12.0. The molecule has 0 bridgehead atoms. The first kappa shape index (κ1) is 15.1. The molecule has 0 nitrogen and oxygen atoms in total. The largest absolute Gasteiger partial charge is 0.0654 e. The molecule has 0 heterocycles. The SMILES string of the molecule is CCCC(C)CCCC(C)CCC1C(C)C1C. The highest BCUT2D eigenvalue weighted by molar-refractivity contribution is 4.90. The minimum atomic E-state index is 0.954. The Hall–Kier alpha value is 0. The summed E-state index contributed by atoms with van der Waals surface area (Å²) < 4.78 is 0. The molecule has 1 aliphatic rings. The Morgan fingerprint density at radius 1 is 0.824 bits per heavy atom. The molecule has 0 aromatic carbocycles. The Bertz CT molecular complexity index is 188. The molecule has 1 rings (SSSR count). The van der Waals surface area contributed by atoms with Gasteiger partial charge in [-0.25, -0.2) is 0 Å². The maximum absolute atomic E-state index is 2.46. The lowest BCUT2D eigenvalue weighted by atomic mass is 9.93. The van der Waals surface area contributed by atoms with Crippen LogP contribution in [0, 0.1) is 29.6 Å². The molecular formula is C17H34. The quantitative estimate of drug-likeness (QED) is 0.468. The Labute approximate surface area is 110 Å². The molecule has 0 heteroatoms. The fourth-order valence-electron chi connectivity index (χ4n) is 3.36. The van der Waals surface area contributed by atoms with Crippen molar-refractivity contribution >= 4 is 0 Å². The van der Waals surface area contributed by atoms with Crippen molar-refractivity contribution < 1.29 is 0 Å². The smallest absolute Gasteiger partial charge is 0.0357 e. The maximum atomic E-state index is 2.46. The third-order valence-corrected chi connectivity index (χ3v) is 5.21. The van der Waals surface area contributed by atoms with Gasteiger partial charge in [0.15, 0.2) is 0 Å². The van der Waals surface area contributed by atoms with Crippen molar-refractivity contribution in [3.8, 4) is 0 Å². The first-order valence-electron chi connectivity index (χ1n) is 8.06. The van der Waals surface area contributed by atoms with Gasteiger partial charge in [0.1, 0.15) is 0 Å². The number of hydrogen-bond donors (Lipinski definition) is 0. The van der Waals surface area contributed by atoms with E-state index in [9.17, 15) is 0 Å². The zero-order valence-corrected chi connectivity index (χ0v) is 12.8. The van der Waals surface area contributed by atoms with Crippen LogP contribution < -0.4 is 0 Å². The molecule has 1 fully saturated rings. The topological polar surface area (TPSA) is 0 Å². The van der Waals surface area contributed by atoms with Crippen LogP contribution in [-0.2, 0) is 0 Å². The minimum absolute atomic E-state index is 0.954. The molecule has 1 saturated carbocycles. The van der Waals surface area contributed by atoms with Crippen molar-refractivity contribution in [3.63, 3.8) is 0 Å². The second kappa shape index (κ2) is 7.44. The van der Waals surface area contributed by atoms with Crippen LogP contribution in [0.15, 0.2) is 0 Å². The predicted molar refractivity (Wildman–Crippen MR) is 78.1 cm³/mol. The lowest BCUT2D eigenvalue weighted by Gasteiger charge is -2.13. The van der Waals surface area contributed by atoms with E-state index in [4.69, 9.17) is 0 Å². The highest BCUT2D eigenvalue weighted by atomic mass is 14.5. The van der Waals surface area contributed by atoms with Crippen LogP contribution in [0.5, 0.6) is 0 Å². The Morgan fingerprint density at radius 2 is 1.35 bits per heavy atom. The second-order valence-electron chi connectivity index (χ2n) is 6.89.